The summed E-state index contributed by atoms with van der Waals surface area (Å²) in [7, 11) is 0. The van der Waals surface area contributed by atoms with Gasteiger partial charge in [-0.15, -0.1) is 0 Å². The minimum Gasteiger partial charge on any atom is -0.491 e. The summed E-state index contributed by atoms with van der Waals surface area (Å²) in [5, 5.41) is 4.87. The molecule has 0 bridgehead atoms. The second-order valence-electron chi connectivity index (χ2n) is 8.27. The molecule has 0 N–H and O–H groups in total. The molecule has 31 heavy (non-hydrogen) atoms. The van der Waals surface area contributed by atoms with Crippen LogP contribution >= 0.6 is 0 Å². The van der Waals surface area contributed by atoms with Crippen LogP contribution < -0.4 is 9.47 Å². The molecule has 0 saturated carbocycles. The zero-order valence-corrected chi connectivity index (χ0v) is 17.3. The fraction of sp³-hybridized carbons (Fsp3) is 0.259. The van der Waals surface area contributed by atoms with Crippen LogP contribution in [-0.4, -0.2) is 38.6 Å². The molecule has 0 aromatic heterocycles. The van der Waals surface area contributed by atoms with E-state index in [0.717, 1.165) is 31.1 Å². The van der Waals surface area contributed by atoms with Crippen LogP contribution in [0.2, 0.25) is 0 Å². The molecule has 2 heterocycles. The van der Waals surface area contributed by atoms with Crippen molar-refractivity contribution < 1.29 is 18.9 Å². The minimum absolute atomic E-state index is 0.229. The second-order valence-corrected chi connectivity index (χ2v) is 8.27. The Balaban J connectivity index is 1.39. The quantitative estimate of drug-likeness (QED) is 0.376. The van der Waals surface area contributed by atoms with E-state index in [9.17, 15) is 0 Å². The predicted octanol–water partition coefficient (Wildman–Crippen LogP) is 5.14. The van der Waals surface area contributed by atoms with Crippen molar-refractivity contribution in [3.05, 3.63) is 83.9 Å². The lowest BCUT2D eigenvalue weighted by Crippen LogP contribution is -2.06. The van der Waals surface area contributed by atoms with Gasteiger partial charge in [-0.2, -0.15) is 0 Å². The predicted molar refractivity (Wildman–Crippen MR) is 121 cm³/mol. The smallest absolute Gasteiger partial charge is 0.123 e. The third-order valence-electron chi connectivity index (χ3n) is 5.97. The highest BCUT2D eigenvalue weighted by molar-refractivity contribution is 5.91. The Bertz CT molecular complexity index is 1240. The van der Waals surface area contributed by atoms with E-state index < -0.39 is 0 Å². The molecule has 2 unspecified atom stereocenters. The highest BCUT2D eigenvalue weighted by Gasteiger charge is 2.24. The molecular weight excluding hydrogens is 388 g/mol. The van der Waals surface area contributed by atoms with E-state index in [1.807, 2.05) is 6.07 Å². The minimum atomic E-state index is 0.229. The van der Waals surface area contributed by atoms with Gasteiger partial charge >= 0.3 is 0 Å². The van der Waals surface area contributed by atoms with Crippen LogP contribution in [-0.2, 0) is 15.9 Å². The molecule has 0 aliphatic carbocycles. The van der Waals surface area contributed by atoms with Gasteiger partial charge in [-0.25, -0.2) is 0 Å². The number of benzene rings is 4. The molecular formula is C27H24O4. The van der Waals surface area contributed by atoms with Crippen LogP contribution in [0.5, 0.6) is 11.5 Å². The normalized spacial score (nSPS) is 19.5. The van der Waals surface area contributed by atoms with Crippen molar-refractivity contribution in [1.29, 1.82) is 0 Å². The second kappa shape index (κ2) is 7.88. The summed E-state index contributed by atoms with van der Waals surface area (Å²) in [6.07, 6.45) is 1.26. The molecule has 4 aromatic carbocycles. The molecule has 2 fully saturated rings. The topological polar surface area (TPSA) is 43.5 Å². The van der Waals surface area contributed by atoms with E-state index in [1.165, 1.54) is 32.7 Å². The van der Waals surface area contributed by atoms with Crippen molar-refractivity contribution in [3.8, 4) is 11.5 Å². The zero-order chi connectivity index (χ0) is 20.6. The largest absolute Gasteiger partial charge is 0.491 e. The molecule has 0 radical (unpaired) electrons. The molecule has 6 rings (SSSR count). The van der Waals surface area contributed by atoms with Crippen molar-refractivity contribution >= 4 is 21.5 Å². The summed E-state index contributed by atoms with van der Waals surface area (Å²) in [6, 6.07) is 25.5. The van der Waals surface area contributed by atoms with E-state index in [1.54, 1.807) is 0 Å². The summed E-state index contributed by atoms with van der Waals surface area (Å²) in [4.78, 5) is 0. The Morgan fingerprint density at radius 2 is 1.42 bits per heavy atom. The maximum atomic E-state index is 6.19. The molecule has 4 aromatic rings. The fourth-order valence-corrected chi connectivity index (χ4v) is 4.08. The summed E-state index contributed by atoms with van der Waals surface area (Å²) in [5.41, 5.74) is 2.47. The Morgan fingerprint density at radius 1 is 0.710 bits per heavy atom. The van der Waals surface area contributed by atoms with E-state index >= 15 is 0 Å². The molecule has 2 atom stereocenters. The molecule has 2 aliphatic heterocycles. The lowest BCUT2D eigenvalue weighted by atomic mass is 9.94. The first-order chi connectivity index (χ1) is 15.3. The van der Waals surface area contributed by atoms with Crippen LogP contribution in [0.15, 0.2) is 72.8 Å². The maximum Gasteiger partial charge on any atom is 0.123 e. The van der Waals surface area contributed by atoms with Crippen molar-refractivity contribution in [2.24, 2.45) is 0 Å². The molecule has 4 nitrogen and oxygen atoms in total. The van der Waals surface area contributed by atoms with E-state index in [0.29, 0.717) is 13.2 Å². The highest BCUT2D eigenvalue weighted by atomic mass is 16.6. The number of epoxide rings is 2. The Labute approximate surface area is 181 Å². The van der Waals surface area contributed by atoms with Crippen LogP contribution in [0.25, 0.3) is 21.5 Å². The van der Waals surface area contributed by atoms with Crippen molar-refractivity contribution in [2.45, 2.75) is 18.6 Å². The first-order valence-electron chi connectivity index (χ1n) is 10.8. The maximum absolute atomic E-state index is 6.19. The molecule has 4 heteroatoms. The van der Waals surface area contributed by atoms with Crippen LogP contribution in [0.4, 0.5) is 0 Å². The number of rotatable bonds is 8. The first-order valence-corrected chi connectivity index (χ1v) is 10.8. The number of hydrogen-bond donors (Lipinski definition) is 0. The lowest BCUT2D eigenvalue weighted by molar-refractivity contribution is 0.261. The van der Waals surface area contributed by atoms with Gasteiger partial charge in [-0.05, 0) is 45.3 Å². The van der Waals surface area contributed by atoms with Crippen molar-refractivity contribution in [3.63, 3.8) is 0 Å². The monoisotopic (exact) mass is 412 g/mol. The van der Waals surface area contributed by atoms with Gasteiger partial charge < -0.3 is 18.9 Å². The van der Waals surface area contributed by atoms with E-state index in [-0.39, 0.29) is 12.2 Å². The SMILES string of the molecule is c1cc(Cc2c(OCC3CO3)ccc3ccccc23)c2cc(OCC3CO3)ccc2c1. The van der Waals surface area contributed by atoms with Gasteiger partial charge in [0.15, 0.2) is 0 Å². The van der Waals surface area contributed by atoms with Crippen LogP contribution in [0.3, 0.4) is 0 Å². The van der Waals surface area contributed by atoms with Gasteiger partial charge in [-0.3, -0.25) is 0 Å². The number of hydrogen-bond acceptors (Lipinski definition) is 4. The standard InChI is InChI=1S/C27H24O4/c1-2-7-24-18(4-1)9-11-27(31-17-23-16-30-23)26(24)12-20-6-3-5-19-8-10-21(13-25(19)20)28-14-22-15-29-22/h1-11,13,22-23H,12,14-17H2. The van der Waals surface area contributed by atoms with Gasteiger partial charge in [0.05, 0.1) is 13.2 Å². The molecule has 156 valence electrons. The first kappa shape index (κ1) is 18.7. The third kappa shape index (κ3) is 4.09. The molecule has 2 saturated heterocycles. The average molecular weight is 412 g/mol. The van der Waals surface area contributed by atoms with Gasteiger partial charge in [0.25, 0.3) is 0 Å². The van der Waals surface area contributed by atoms with Crippen molar-refractivity contribution in [1.82, 2.24) is 0 Å². The summed E-state index contributed by atoms with van der Waals surface area (Å²) in [5.74, 6) is 1.82. The van der Waals surface area contributed by atoms with Crippen LogP contribution in [0, 0.1) is 0 Å². The van der Waals surface area contributed by atoms with Gasteiger partial charge in [0.1, 0.15) is 36.9 Å². The average Bonchev–Trinajstić information content (AvgIpc) is 3.72. The zero-order valence-electron chi connectivity index (χ0n) is 17.3. The number of fused-ring (bicyclic) bond motifs is 2. The fourth-order valence-electron chi connectivity index (χ4n) is 4.08. The summed E-state index contributed by atoms with van der Waals surface area (Å²) >= 11 is 0. The Morgan fingerprint density at radius 3 is 2.26 bits per heavy atom. The van der Waals surface area contributed by atoms with Gasteiger partial charge in [0, 0.05) is 12.0 Å². The Kier molecular flexibility index (Phi) is 4.74. The van der Waals surface area contributed by atoms with Gasteiger partial charge in [-0.1, -0.05) is 54.6 Å². The molecule has 2 aliphatic rings. The molecule has 0 spiro atoms. The van der Waals surface area contributed by atoms with Gasteiger partial charge in [0.2, 0.25) is 0 Å². The third-order valence-corrected chi connectivity index (χ3v) is 5.97. The van der Waals surface area contributed by atoms with Crippen LogP contribution in [0.1, 0.15) is 11.1 Å². The Hall–Kier alpha value is -3.08. The van der Waals surface area contributed by atoms with E-state index in [2.05, 4.69) is 66.7 Å². The lowest BCUT2D eigenvalue weighted by Gasteiger charge is -2.16. The summed E-state index contributed by atoms with van der Waals surface area (Å²) < 4.78 is 22.7. The highest BCUT2D eigenvalue weighted by Crippen LogP contribution is 2.34. The summed E-state index contributed by atoms with van der Waals surface area (Å²) in [6.45, 7) is 2.80. The number of ether oxygens (including phenoxy) is 4. The van der Waals surface area contributed by atoms with E-state index in [4.69, 9.17) is 18.9 Å². The molecule has 0 amide bonds. The van der Waals surface area contributed by atoms with Crippen molar-refractivity contribution in [2.75, 3.05) is 26.4 Å².